The Hall–Kier alpha value is -2.18. The maximum absolute atomic E-state index is 12.8. The second-order valence-electron chi connectivity index (χ2n) is 5.91. The Labute approximate surface area is 140 Å². The molecule has 132 valence electrons. The third-order valence-corrected chi connectivity index (χ3v) is 4.79. The molecule has 1 saturated carbocycles. The summed E-state index contributed by atoms with van der Waals surface area (Å²) in [6.45, 7) is 1.73. The largest absolute Gasteiger partial charge is 0.469 e. The zero-order valence-corrected chi connectivity index (χ0v) is 14.2. The first kappa shape index (κ1) is 18.2. The van der Waals surface area contributed by atoms with Crippen LogP contribution in [-0.4, -0.2) is 44.5 Å². The van der Waals surface area contributed by atoms with E-state index in [9.17, 15) is 19.2 Å². The average Bonchev–Trinajstić information content (AvgIpc) is 2.75. The maximum atomic E-state index is 12.8. The third-order valence-electron chi connectivity index (χ3n) is 4.79. The van der Waals surface area contributed by atoms with Crippen LogP contribution in [0.3, 0.4) is 0 Å². The molecule has 24 heavy (non-hydrogen) atoms. The lowest BCUT2D eigenvalue weighted by atomic mass is 9.52. The first-order valence-electron chi connectivity index (χ1n) is 8.06. The molecular weight excluding hydrogens is 316 g/mol. The molecule has 0 N–H and O–H groups in total. The summed E-state index contributed by atoms with van der Waals surface area (Å²) in [5.41, 5.74) is -1.48. The zero-order chi connectivity index (χ0) is 17.9. The van der Waals surface area contributed by atoms with Crippen molar-refractivity contribution >= 4 is 23.7 Å². The van der Waals surface area contributed by atoms with Gasteiger partial charge in [-0.3, -0.25) is 9.59 Å². The average molecular weight is 338 g/mol. The topological polar surface area (TPSA) is 96.0 Å². The van der Waals surface area contributed by atoms with Gasteiger partial charge in [-0.1, -0.05) is 12.8 Å². The molecule has 7 heteroatoms. The summed E-state index contributed by atoms with van der Waals surface area (Å²) in [5, 5.41) is 0. The number of rotatable bonds is 4. The minimum absolute atomic E-state index is 0.0292. The van der Waals surface area contributed by atoms with E-state index >= 15 is 0 Å². The van der Waals surface area contributed by atoms with E-state index < -0.39 is 29.2 Å². The molecule has 7 nitrogen and oxygen atoms in total. The van der Waals surface area contributed by atoms with Gasteiger partial charge in [0.1, 0.15) is 11.7 Å². The molecule has 0 amide bonds. The molecule has 0 aromatic heterocycles. The Balaban J connectivity index is 2.65. The summed E-state index contributed by atoms with van der Waals surface area (Å²) in [5.74, 6) is -3.59. The number of ether oxygens (including phenoxy) is 3. The summed E-state index contributed by atoms with van der Waals surface area (Å²) in [6.07, 6.45) is 2.77. The first-order chi connectivity index (χ1) is 11.4. The highest BCUT2D eigenvalue weighted by Crippen LogP contribution is 2.58. The van der Waals surface area contributed by atoms with Crippen molar-refractivity contribution in [1.29, 1.82) is 0 Å². The SMILES string of the molecule is CCOC(=O)C1=C(C(=O)OC)[C@@H](C(=O)OC)[C@]12CCCCCC2=O. The van der Waals surface area contributed by atoms with Gasteiger partial charge in [0.2, 0.25) is 0 Å². The summed E-state index contributed by atoms with van der Waals surface area (Å²) in [7, 11) is 2.35. The Morgan fingerprint density at radius 3 is 2.38 bits per heavy atom. The quantitative estimate of drug-likeness (QED) is 0.564. The van der Waals surface area contributed by atoms with E-state index in [0.29, 0.717) is 19.3 Å². The number of ketones is 1. The molecule has 2 aliphatic rings. The molecule has 0 aliphatic heterocycles. The van der Waals surface area contributed by atoms with Gasteiger partial charge in [0.25, 0.3) is 0 Å². The van der Waals surface area contributed by atoms with Gasteiger partial charge in [-0.05, 0) is 19.8 Å². The molecule has 0 bridgehead atoms. The lowest BCUT2D eigenvalue weighted by Crippen LogP contribution is -2.57. The van der Waals surface area contributed by atoms with Crippen molar-refractivity contribution in [3.63, 3.8) is 0 Å². The minimum atomic E-state index is -1.33. The number of hydrogen-bond donors (Lipinski definition) is 0. The van der Waals surface area contributed by atoms with Crippen LogP contribution in [-0.2, 0) is 33.4 Å². The molecule has 2 rings (SSSR count). The molecule has 2 atom stereocenters. The van der Waals surface area contributed by atoms with E-state index in [1.165, 1.54) is 7.11 Å². The maximum Gasteiger partial charge on any atom is 0.335 e. The van der Waals surface area contributed by atoms with Gasteiger partial charge in [-0.15, -0.1) is 0 Å². The van der Waals surface area contributed by atoms with Crippen LogP contribution < -0.4 is 0 Å². The zero-order valence-electron chi connectivity index (χ0n) is 14.2. The molecule has 1 fully saturated rings. The summed E-state index contributed by atoms with van der Waals surface area (Å²) < 4.78 is 14.6. The van der Waals surface area contributed by atoms with E-state index in [-0.39, 0.29) is 30.0 Å². The summed E-state index contributed by atoms with van der Waals surface area (Å²) in [6, 6.07) is 0. The van der Waals surface area contributed by atoms with E-state index in [0.717, 1.165) is 13.5 Å². The second-order valence-corrected chi connectivity index (χ2v) is 5.91. The Morgan fingerprint density at radius 2 is 1.79 bits per heavy atom. The van der Waals surface area contributed by atoms with Crippen molar-refractivity contribution in [3.05, 3.63) is 11.1 Å². The molecule has 1 spiro atoms. The standard InChI is InChI=1S/C17H22O7/c1-4-24-16(21)13-11(14(19)22-2)12(15(20)23-3)17(13)9-7-5-6-8-10(17)18/h12H,4-9H2,1-3H3/t12-,17+/m0/s1. The number of Topliss-reactive ketones (excluding diaryl/α,β-unsaturated/α-hetero) is 1. The molecule has 0 aromatic carbocycles. The Kier molecular flexibility index (Phi) is 5.41. The minimum Gasteiger partial charge on any atom is -0.469 e. The smallest absolute Gasteiger partial charge is 0.335 e. The fraction of sp³-hybridized carbons (Fsp3) is 0.647. The van der Waals surface area contributed by atoms with Crippen LogP contribution in [0.5, 0.6) is 0 Å². The second kappa shape index (κ2) is 7.15. The third kappa shape index (κ3) is 2.61. The van der Waals surface area contributed by atoms with E-state index in [1.807, 2.05) is 0 Å². The number of carbonyl (C=O) groups is 4. The summed E-state index contributed by atoms with van der Waals surface area (Å²) >= 11 is 0. The van der Waals surface area contributed by atoms with Gasteiger partial charge < -0.3 is 14.2 Å². The van der Waals surface area contributed by atoms with Crippen LogP contribution in [0.1, 0.15) is 39.0 Å². The molecule has 2 aliphatic carbocycles. The molecule has 0 aromatic rings. The highest BCUT2D eigenvalue weighted by Gasteiger charge is 2.66. The lowest BCUT2D eigenvalue weighted by molar-refractivity contribution is -0.161. The van der Waals surface area contributed by atoms with E-state index in [4.69, 9.17) is 14.2 Å². The summed E-state index contributed by atoms with van der Waals surface area (Å²) in [4.78, 5) is 49.7. The number of methoxy groups -OCH3 is 2. The molecular formula is C17H22O7. The highest BCUT2D eigenvalue weighted by atomic mass is 16.5. The Morgan fingerprint density at radius 1 is 1.08 bits per heavy atom. The van der Waals surface area contributed by atoms with Crippen LogP contribution in [0.25, 0.3) is 0 Å². The highest BCUT2D eigenvalue weighted by molar-refractivity contribution is 6.16. The van der Waals surface area contributed by atoms with Crippen LogP contribution in [0.15, 0.2) is 11.1 Å². The molecule has 0 heterocycles. The van der Waals surface area contributed by atoms with Gasteiger partial charge >= 0.3 is 17.9 Å². The van der Waals surface area contributed by atoms with Crippen molar-refractivity contribution in [2.24, 2.45) is 11.3 Å². The lowest BCUT2D eigenvalue weighted by Gasteiger charge is -2.47. The first-order valence-corrected chi connectivity index (χ1v) is 8.06. The normalized spacial score (nSPS) is 26.5. The Bertz CT molecular complexity index is 604. The van der Waals surface area contributed by atoms with E-state index in [1.54, 1.807) is 6.92 Å². The van der Waals surface area contributed by atoms with Gasteiger partial charge in [-0.25, -0.2) is 9.59 Å². The number of carbonyl (C=O) groups excluding carboxylic acids is 4. The van der Waals surface area contributed by atoms with E-state index in [2.05, 4.69) is 0 Å². The van der Waals surface area contributed by atoms with Crippen LogP contribution in [0, 0.1) is 11.3 Å². The van der Waals surface area contributed by atoms with Crippen LogP contribution in [0.2, 0.25) is 0 Å². The van der Waals surface area contributed by atoms with Crippen molar-refractivity contribution in [2.45, 2.75) is 39.0 Å². The van der Waals surface area contributed by atoms with Crippen molar-refractivity contribution in [2.75, 3.05) is 20.8 Å². The van der Waals surface area contributed by atoms with Gasteiger partial charge in [0, 0.05) is 6.42 Å². The van der Waals surface area contributed by atoms with Crippen LogP contribution >= 0.6 is 0 Å². The molecule has 0 radical (unpaired) electrons. The predicted octanol–water partition coefficient (Wildman–Crippen LogP) is 1.34. The van der Waals surface area contributed by atoms with Gasteiger partial charge in [0.15, 0.2) is 0 Å². The number of hydrogen-bond acceptors (Lipinski definition) is 7. The molecule has 0 saturated heterocycles. The van der Waals surface area contributed by atoms with Gasteiger partial charge in [-0.2, -0.15) is 0 Å². The molecule has 0 unspecified atom stereocenters. The van der Waals surface area contributed by atoms with Crippen molar-refractivity contribution in [3.8, 4) is 0 Å². The van der Waals surface area contributed by atoms with Crippen molar-refractivity contribution in [1.82, 2.24) is 0 Å². The van der Waals surface area contributed by atoms with Crippen molar-refractivity contribution < 1.29 is 33.4 Å². The van der Waals surface area contributed by atoms with Crippen LogP contribution in [0.4, 0.5) is 0 Å². The fourth-order valence-corrected chi connectivity index (χ4v) is 3.76. The van der Waals surface area contributed by atoms with Gasteiger partial charge in [0.05, 0.1) is 37.4 Å². The predicted molar refractivity (Wildman–Crippen MR) is 81.7 cm³/mol. The monoisotopic (exact) mass is 338 g/mol. The number of esters is 3. The fourth-order valence-electron chi connectivity index (χ4n) is 3.76.